The Morgan fingerprint density at radius 3 is 2.67 bits per heavy atom. The van der Waals surface area contributed by atoms with E-state index in [1.54, 1.807) is 0 Å². The highest BCUT2D eigenvalue weighted by molar-refractivity contribution is 5.95. The van der Waals surface area contributed by atoms with E-state index in [2.05, 4.69) is 49.9 Å². The number of likely N-dealkylation sites (tertiary alicyclic amines) is 1. The van der Waals surface area contributed by atoms with Crippen molar-refractivity contribution in [3.05, 3.63) is 12.2 Å². The molecule has 15 heavy (non-hydrogen) atoms. The maximum Gasteiger partial charge on any atom is 0.0364 e. The number of hydrogen-bond acceptors (Lipinski definition) is 2. The van der Waals surface area contributed by atoms with E-state index in [-0.39, 0.29) is 0 Å². The first kappa shape index (κ1) is 12.4. The second kappa shape index (κ2) is 6.06. The molecule has 0 aliphatic carbocycles. The first-order chi connectivity index (χ1) is 7.17. The van der Waals surface area contributed by atoms with Crippen molar-refractivity contribution in [1.29, 1.82) is 0 Å². The Kier molecular flexibility index (Phi) is 5.03. The summed E-state index contributed by atoms with van der Waals surface area (Å²) in [5, 5.41) is 0. The van der Waals surface area contributed by atoms with Crippen LogP contribution in [0.5, 0.6) is 0 Å². The summed E-state index contributed by atoms with van der Waals surface area (Å²) in [6.45, 7) is 9.88. The highest BCUT2D eigenvalue weighted by Gasteiger charge is 2.27. The van der Waals surface area contributed by atoms with Gasteiger partial charge in [0.1, 0.15) is 0 Å². The largest absolute Gasteiger partial charge is 0.306 e. The van der Waals surface area contributed by atoms with Gasteiger partial charge in [0.2, 0.25) is 0 Å². The van der Waals surface area contributed by atoms with Crippen molar-refractivity contribution in [2.45, 2.75) is 27.2 Å². The Labute approximate surface area is 94.1 Å². The molecule has 0 aromatic carbocycles. The smallest absolute Gasteiger partial charge is 0.0364 e. The Hall–Kier alpha value is -0.630. The van der Waals surface area contributed by atoms with Crippen molar-refractivity contribution >= 4 is 5.71 Å². The number of aliphatic imine (C=N–C) groups is 1. The topological polar surface area (TPSA) is 15.6 Å². The van der Waals surface area contributed by atoms with E-state index in [1.165, 1.54) is 18.8 Å². The molecule has 0 amide bonds. The van der Waals surface area contributed by atoms with Gasteiger partial charge < -0.3 is 4.90 Å². The molecule has 0 bridgehead atoms. The zero-order chi connectivity index (χ0) is 11.3. The van der Waals surface area contributed by atoms with E-state index in [1.807, 2.05) is 0 Å². The lowest BCUT2D eigenvalue weighted by molar-refractivity contribution is 0.396. The molecule has 0 radical (unpaired) electrons. The average molecular weight is 208 g/mol. The molecule has 0 aromatic rings. The molecular formula is C13H24N2. The van der Waals surface area contributed by atoms with Crippen LogP contribution in [-0.2, 0) is 0 Å². The number of rotatable bonds is 4. The lowest BCUT2D eigenvalue weighted by Crippen LogP contribution is -2.15. The number of hydrogen-bond donors (Lipinski definition) is 0. The Bertz CT molecular complexity index is 243. The van der Waals surface area contributed by atoms with E-state index in [9.17, 15) is 0 Å². The molecule has 0 aromatic heterocycles. The summed E-state index contributed by atoms with van der Waals surface area (Å²) in [7, 11) is 2.21. The van der Waals surface area contributed by atoms with Crippen LogP contribution in [0.1, 0.15) is 27.2 Å². The Morgan fingerprint density at radius 2 is 2.20 bits per heavy atom. The highest BCUT2D eigenvalue weighted by Crippen LogP contribution is 2.25. The lowest BCUT2D eigenvalue weighted by Gasteiger charge is -2.13. The van der Waals surface area contributed by atoms with Crippen LogP contribution < -0.4 is 0 Å². The Morgan fingerprint density at radius 1 is 1.47 bits per heavy atom. The van der Waals surface area contributed by atoms with Crippen LogP contribution in [0.4, 0.5) is 0 Å². The van der Waals surface area contributed by atoms with Gasteiger partial charge in [-0.15, -0.1) is 0 Å². The monoisotopic (exact) mass is 208 g/mol. The summed E-state index contributed by atoms with van der Waals surface area (Å²) >= 11 is 0. The molecule has 2 atom stereocenters. The normalized spacial score (nSPS) is 29.2. The molecule has 1 heterocycles. The summed E-state index contributed by atoms with van der Waals surface area (Å²) in [5.41, 5.74) is 1.27. The van der Waals surface area contributed by atoms with E-state index < -0.39 is 0 Å². The van der Waals surface area contributed by atoms with E-state index in [4.69, 9.17) is 0 Å². The van der Waals surface area contributed by atoms with Crippen molar-refractivity contribution in [3.8, 4) is 0 Å². The summed E-state index contributed by atoms with van der Waals surface area (Å²) in [4.78, 5) is 6.97. The van der Waals surface area contributed by atoms with Crippen LogP contribution in [0, 0.1) is 11.8 Å². The van der Waals surface area contributed by atoms with Crippen molar-refractivity contribution in [1.82, 2.24) is 4.90 Å². The summed E-state index contributed by atoms with van der Waals surface area (Å²) in [5.74, 6) is 1.60. The minimum Gasteiger partial charge on any atom is -0.306 e. The zero-order valence-electron chi connectivity index (χ0n) is 10.5. The third-order valence-electron chi connectivity index (χ3n) is 3.14. The molecule has 1 fully saturated rings. The molecule has 0 saturated carbocycles. The molecule has 2 heteroatoms. The molecular weight excluding hydrogens is 184 g/mol. The molecule has 0 spiro atoms. The molecule has 1 aliphatic heterocycles. The van der Waals surface area contributed by atoms with Crippen LogP contribution in [0.15, 0.2) is 17.1 Å². The van der Waals surface area contributed by atoms with Gasteiger partial charge in [-0.05, 0) is 45.2 Å². The van der Waals surface area contributed by atoms with Crippen LogP contribution >= 0.6 is 0 Å². The van der Waals surface area contributed by atoms with Gasteiger partial charge in [0, 0.05) is 25.3 Å². The van der Waals surface area contributed by atoms with Crippen LogP contribution in [0.2, 0.25) is 0 Å². The number of nitrogens with zero attached hydrogens (tertiary/aromatic N) is 2. The SMILES string of the molecule is C/C=C\C(CC1CN(C)CC1C)=N/CC. The third kappa shape index (κ3) is 3.78. The summed E-state index contributed by atoms with van der Waals surface area (Å²) in [6.07, 6.45) is 5.40. The van der Waals surface area contributed by atoms with Gasteiger partial charge in [0.25, 0.3) is 0 Å². The fourth-order valence-corrected chi connectivity index (χ4v) is 2.41. The minimum atomic E-state index is 0.788. The van der Waals surface area contributed by atoms with Gasteiger partial charge in [-0.3, -0.25) is 4.99 Å². The zero-order valence-corrected chi connectivity index (χ0v) is 10.5. The quantitative estimate of drug-likeness (QED) is 0.648. The van der Waals surface area contributed by atoms with E-state index in [0.29, 0.717) is 0 Å². The maximum absolute atomic E-state index is 4.55. The predicted octanol–water partition coefficient (Wildman–Crippen LogP) is 2.61. The average Bonchev–Trinajstić information content (AvgIpc) is 2.46. The van der Waals surface area contributed by atoms with Gasteiger partial charge in [-0.25, -0.2) is 0 Å². The highest BCUT2D eigenvalue weighted by atomic mass is 15.1. The van der Waals surface area contributed by atoms with Gasteiger partial charge in [0.05, 0.1) is 0 Å². The standard InChI is InChI=1S/C13H24N2/c1-5-7-13(14-6-2)8-12-10-15(4)9-11(12)3/h5,7,11-12H,6,8-10H2,1-4H3/b7-5-,14-13+. The molecule has 2 unspecified atom stereocenters. The van der Waals surface area contributed by atoms with Crippen molar-refractivity contribution in [2.24, 2.45) is 16.8 Å². The molecule has 0 N–H and O–H groups in total. The van der Waals surface area contributed by atoms with Crippen molar-refractivity contribution in [3.63, 3.8) is 0 Å². The molecule has 1 rings (SSSR count). The molecule has 2 nitrogen and oxygen atoms in total. The fourth-order valence-electron chi connectivity index (χ4n) is 2.41. The van der Waals surface area contributed by atoms with Gasteiger partial charge in [0.15, 0.2) is 0 Å². The first-order valence-electron chi connectivity index (χ1n) is 6.01. The first-order valence-corrected chi connectivity index (χ1v) is 6.01. The predicted molar refractivity (Wildman–Crippen MR) is 67.6 cm³/mol. The van der Waals surface area contributed by atoms with E-state index >= 15 is 0 Å². The van der Waals surface area contributed by atoms with E-state index in [0.717, 1.165) is 24.8 Å². The maximum atomic E-state index is 4.55. The molecule has 1 saturated heterocycles. The van der Waals surface area contributed by atoms with Gasteiger partial charge >= 0.3 is 0 Å². The number of allylic oxidation sites excluding steroid dienone is 2. The summed E-state index contributed by atoms with van der Waals surface area (Å²) < 4.78 is 0. The second-order valence-electron chi connectivity index (χ2n) is 4.63. The summed E-state index contributed by atoms with van der Waals surface area (Å²) in [6, 6.07) is 0. The van der Waals surface area contributed by atoms with Crippen molar-refractivity contribution < 1.29 is 0 Å². The minimum absolute atomic E-state index is 0.788. The molecule has 1 aliphatic rings. The van der Waals surface area contributed by atoms with Crippen LogP contribution in [0.25, 0.3) is 0 Å². The lowest BCUT2D eigenvalue weighted by atomic mass is 9.92. The van der Waals surface area contributed by atoms with Crippen LogP contribution in [0.3, 0.4) is 0 Å². The van der Waals surface area contributed by atoms with Crippen LogP contribution in [-0.4, -0.2) is 37.3 Å². The third-order valence-corrected chi connectivity index (χ3v) is 3.14. The van der Waals surface area contributed by atoms with Gasteiger partial charge in [-0.1, -0.05) is 13.0 Å². The Balaban J connectivity index is 2.55. The van der Waals surface area contributed by atoms with Gasteiger partial charge in [-0.2, -0.15) is 0 Å². The fraction of sp³-hybridized carbons (Fsp3) is 0.769. The molecule has 86 valence electrons. The van der Waals surface area contributed by atoms with Crippen molar-refractivity contribution in [2.75, 3.05) is 26.7 Å². The second-order valence-corrected chi connectivity index (χ2v) is 4.63.